The molecular formula is C18H26N2O2. The van der Waals surface area contributed by atoms with Gasteiger partial charge in [0.1, 0.15) is 0 Å². The molecule has 4 heteroatoms. The Kier molecular flexibility index (Phi) is 5.58. The third kappa shape index (κ3) is 3.49. The Morgan fingerprint density at radius 1 is 1.18 bits per heavy atom. The molecule has 1 unspecified atom stereocenters. The van der Waals surface area contributed by atoms with Crippen LogP contribution in [0.15, 0.2) is 24.3 Å². The zero-order chi connectivity index (χ0) is 16.1. The average molecular weight is 302 g/mol. The Balaban J connectivity index is 2.02. The van der Waals surface area contributed by atoms with E-state index in [1.807, 2.05) is 36.9 Å². The fraction of sp³-hybridized carbons (Fsp3) is 0.556. The fourth-order valence-electron chi connectivity index (χ4n) is 3.09. The van der Waals surface area contributed by atoms with E-state index in [9.17, 15) is 9.59 Å². The molecule has 0 bridgehead atoms. The molecule has 2 amide bonds. The van der Waals surface area contributed by atoms with Crippen molar-refractivity contribution in [3.05, 3.63) is 29.8 Å². The summed E-state index contributed by atoms with van der Waals surface area (Å²) in [7, 11) is 0. The van der Waals surface area contributed by atoms with Crippen LogP contribution in [0.4, 0.5) is 5.69 Å². The summed E-state index contributed by atoms with van der Waals surface area (Å²) in [5.41, 5.74) is 2.25. The predicted octanol–water partition coefficient (Wildman–Crippen LogP) is 3.18. The van der Waals surface area contributed by atoms with Crippen LogP contribution in [-0.2, 0) is 9.59 Å². The molecular weight excluding hydrogens is 276 g/mol. The van der Waals surface area contributed by atoms with E-state index in [-0.39, 0.29) is 18.2 Å². The van der Waals surface area contributed by atoms with Crippen molar-refractivity contribution in [2.24, 2.45) is 0 Å². The fourth-order valence-corrected chi connectivity index (χ4v) is 3.09. The highest BCUT2D eigenvalue weighted by molar-refractivity contribution is 5.96. The van der Waals surface area contributed by atoms with Crippen molar-refractivity contribution in [1.29, 1.82) is 0 Å². The summed E-state index contributed by atoms with van der Waals surface area (Å²) < 4.78 is 0. The standard InChI is InChI=1S/C18H26N2O2/c1-4-19(5-2)17(21)10-11-18(22)20-13-12-14(3)15-8-6-7-9-16(15)20/h6-9,14H,4-5,10-13H2,1-3H3. The Morgan fingerprint density at radius 3 is 2.55 bits per heavy atom. The van der Waals surface area contributed by atoms with Gasteiger partial charge in [-0.15, -0.1) is 0 Å². The highest BCUT2D eigenvalue weighted by Crippen LogP contribution is 2.35. The Bertz CT molecular complexity index is 538. The SMILES string of the molecule is CCN(CC)C(=O)CCC(=O)N1CCC(C)c2ccccc21. The largest absolute Gasteiger partial charge is 0.343 e. The maximum Gasteiger partial charge on any atom is 0.227 e. The van der Waals surface area contributed by atoms with E-state index in [1.165, 1.54) is 5.56 Å². The van der Waals surface area contributed by atoms with Gasteiger partial charge >= 0.3 is 0 Å². The molecule has 2 rings (SSSR count). The van der Waals surface area contributed by atoms with Crippen LogP contribution in [0.2, 0.25) is 0 Å². The molecule has 1 heterocycles. The van der Waals surface area contributed by atoms with Crippen molar-refractivity contribution in [2.75, 3.05) is 24.5 Å². The van der Waals surface area contributed by atoms with E-state index in [0.717, 1.165) is 18.7 Å². The molecule has 0 N–H and O–H groups in total. The Labute approximate surface area is 133 Å². The molecule has 1 aliphatic rings. The summed E-state index contributed by atoms with van der Waals surface area (Å²) in [5.74, 6) is 0.606. The van der Waals surface area contributed by atoms with Crippen LogP contribution in [0.25, 0.3) is 0 Å². The van der Waals surface area contributed by atoms with Gasteiger partial charge in [0.15, 0.2) is 0 Å². The molecule has 0 saturated heterocycles. The zero-order valence-electron chi connectivity index (χ0n) is 13.8. The smallest absolute Gasteiger partial charge is 0.227 e. The highest BCUT2D eigenvalue weighted by Gasteiger charge is 2.26. The van der Waals surface area contributed by atoms with E-state index in [1.54, 1.807) is 4.90 Å². The number of nitrogens with zero attached hydrogens (tertiary/aromatic N) is 2. The molecule has 0 radical (unpaired) electrons. The van der Waals surface area contributed by atoms with Gasteiger partial charge in [0, 0.05) is 38.2 Å². The van der Waals surface area contributed by atoms with Crippen LogP contribution in [0.1, 0.15) is 51.5 Å². The molecule has 4 nitrogen and oxygen atoms in total. The molecule has 120 valence electrons. The van der Waals surface area contributed by atoms with Crippen molar-refractivity contribution in [3.63, 3.8) is 0 Å². The van der Waals surface area contributed by atoms with Gasteiger partial charge in [-0.05, 0) is 37.8 Å². The monoisotopic (exact) mass is 302 g/mol. The number of hydrogen-bond acceptors (Lipinski definition) is 2. The summed E-state index contributed by atoms with van der Waals surface area (Å²) in [6, 6.07) is 8.10. The minimum Gasteiger partial charge on any atom is -0.343 e. The Morgan fingerprint density at radius 2 is 1.86 bits per heavy atom. The number of hydrogen-bond donors (Lipinski definition) is 0. The number of amides is 2. The number of carbonyl (C=O) groups excluding carboxylic acids is 2. The van der Waals surface area contributed by atoms with Gasteiger partial charge in [-0.2, -0.15) is 0 Å². The molecule has 0 aromatic heterocycles. The molecule has 0 spiro atoms. The van der Waals surface area contributed by atoms with E-state index in [2.05, 4.69) is 13.0 Å². The first-order chi connectivity index (χ1) is 10.6. The first kappa shape index (κ1) is 16.5. The second kappa shape index (κ2) is 7.43. The van der Waals surface area contributed by atoms with E-state index >= 15 is 0 Å². The van der Waals surface area contributed by atoms with Gasteiger partial charge in [0.25, 0.3) is 0 Å². The lowest BCUT2D eigenvalue weighted by molar-refractivity contribution is -0.132. The highest BCUT2D eigenvalue weighted by atomic mass is 16.2. The predicted molar refractivity (Wildman–Crippen MR) is 89.0 cm³/mol. The lowest BCUT2D eigenvalue weighted by Crippen LogP contribution is -2.37. The number of rotatable bonds is 5. The molecule has 1 aliphatic heterocycles. The summed E-state index contributed by atoms with van der Waals surface area (Å²) in [5, 5.41) is 0. The minimum absolute atomic E-state index is 0.0554. The topological polar surface area (TPSA) is 40.6 Å². The van der Waals surface area contributed by atoms with E-state index in [4.69, 9.17) is 0 Å². The first-order valence-electron chi connectivity index (χ1n) is 8.25. The quantitative estimate of drug-likeness (QED) is 0.838. The summed E-state index contributed by atoms with van der Waals surface area (Å²) in [6.45, 7) is 8.28. The second-order valence-corrected chi connectivity index (χ2v) is 5.86. The normalized spacial score (nSPS) is 17.0. The first-order valence-corrected chi connectivity index (χ1v) is 8.25. The Hall–Kier alpha value is -1.84. The summed E-state index contributed by atoms with van der Waals surface area (Å²) >= 11 is 0. The van der Waals surface area contributed by atoms with Gasteiger partial charge in [0.05, 0.1) is 0 Å². The number of benzene rings is 1. The van der Waals surface area contributed by atoms with Gasteiger partial charge in [-0.25, -0.2) is 0 Å². The van der Waals surface area contributed by atoms with Crippen molar-refractivity contribution in [1.82, 2.24) is 4.90 Å². The van der Waals surface area contributed by atoms with Crippen LogP contribution in [-0.4, -0.2) is 36.3 Å². The van der Waals surface area contributed by atoms with Gasteiger partial charge < -0.3 is 9.80 Å². The average Bonchev–Trinajstić information content (AvgIpc) is 2.54. The molecule has 0 saturated carbocycles. The van der Waals surface area contributed by atoms with Crippen molar-refractivity contribution in [3.8, 4) is 0 Å². The van der Waals surface area contributed by atoms with E-state index < -0.39 is 0 Å². The molecule has 0 aliphatic carbocycles. The summed E-state index contributed by atoms with van der Waals surface area (Å²) in [6.07, 6.45) is 1.57. The number of anilines is 1. The summed E-state index contributed by atoms with van der Waals surface area (Å²) in [4.78, 5) is 28.2. The van der Waals surface area contributed by atoms with Crippen LogP contribution in [0.5, 0.6) is 0 Å². The maximum atomic E-state index is 12.5. The molecule has 1 aromatic rings. The zero-order valence-corrected chi connectivity index (χ0v) is 13.8. The number of carbonyl (C=O) groups is 2. The van der Waals surface area contributed by atoms with Gasteiger partial charge in [-0.3, -0.25) is 9.59 Å². The van der Waals surface area contributed by atoms with Crippen LogP contribution in [0, 0.1) is 0 Å². The maximum absolute atomic E-state index is 12.5. The van der Waals surface area contributed by atoms with Crippen LogP contribution >= 0.6 is 0 Å². The van der Waals surface area contributed by atoms with Crippen LogP contribution < -0.4 is 4.90 Å². The van der Waals surface area contributed by atoms with Gasteiger partial charge in [-0.1, -0.05) is 25.1 Å². The van der Waals surface area contributed by atoms with Crippen molar-refractivity contribution < 1.29 is 9.59 Å². The van der Waals surface area contributed by atoms with Crippen molar-refractivity contribution >= 4 is 17.5 Å². The second-order valence-electron chi connectivity index (χ2n) is 5.86. The van der Waals surface area contributed by atoms with E-state index in [0.29, 0.717) is 25.4 Å². The molecule has 1 atom stereocenters. The lowest BCUT2D eigenvalue weighted by Gasteiger charge is -2.33. The lowest BCUT2D eigenvalue weighted by atomic mass is 9.91. The van der Waals surface area contributed by atoms with Gasteiger partial charge in [0.2, 0.25) is 11.8 Å². The van der Waals surface area contributed by atoms with Crippen LogP contribution in [0.3, 0.4) is 0 Å². The minimum atomic E-state index is 0.0554. The molecule has 22 heavy (non-hydrogen) atoms. The third-order valence-corrected chi connectivity index (χ3v) is 4.51. The van der Waals surface area contributed by atoms with Crippen molar-refractivity contribution in [2.45, 2.75) is 46.0 Å². The number of para-hydroxylation sites is 1. The molecule has 1 aromatic carbocycles. The molecule has 0 fully saturated rings. The third-order valence-electron chi connectivity index (χ3n) is 4.51. The number of fused-ring (bicyclic) bond motifs is 1.